The number of rotatable bonds is 4. The van der Waals surface area contributed by atoms with Crippen LogP contribution in [0.25, 0.3) is 0 Å². The van der Waals surface area contributed by atoms with E-state index in [1.807, 2.05) is 6.92 Å². The predicted octanol–water partition coefficient (Wildman–Crippen LogP) is 0.0259. The molecule has 0 aromatic carbocycles. The first kappa shape index (κ1) is 9.17. The van der Waals surface area contributed by atoms with Crippen molar-refractivity contribution >= 4 is 5.91 Å². The van der Waals surface area contributed by atoms with E-state index >= 15 is 0 Å². The lowest BCUT2D eigenvalue weighted by Crippen LogP contribution is -2.39. The summed E-state index contributed by atoms with van der Waals surface area (Å²) in [6, 6.07) is -0.375. The van der Waals surface area contributed by atoms with Gasteiger partial charge in [-0.15, -0.1) is 6.58 Å². The van der Waals surface area contributed by atoms with Gasteiger partial charge in [-0.05, 0) is 6.42 Å². The molecule has 3 heteroatoms. The second-order valence-corrected chi connectivity index (χ2v) is 2.05. The number of nitrogens with two attached hydrogens (primary N) is 1. The van der Waals surface area contributed by atoms with Gasteiger partial charge in [0.25, 0.3) is 0 Å². The fourth-order valence-corrected chi connectivity index (χ4v) is 0.489. The Hall–Kier alpha value is -0.830. The zero-order chi connectivity index (χ0) is 7.98. The first-order chi connectivity index (χ1) is 4.72. The fraction of sp³-hybridized carbons (Fsp3) is 0.571. The van der Waals surface area contributed by atoms with Crippen LogP contribution in [0.2, 0.25) is 0 Å². The van der Waals surface area contributed by atoms with Gasteiger partial charge in [-0.3, -0.25) is 4.79 Å². The molecule has 3 N–H and O–H groups in total. The van der Waals surface area contributed by atoms with E-state index in [9.17, 15) is 4.79 Å². The largest absolute Gasteiger partial charge is 0.351 e. The molecule has 58 valence electrons. The van der Waals surface area contributed by atoms with Crippen molar-refractivity contribution in [2.45, 2.75) is 19.4 Å². The van der Waals surface area contributed by atoms with E-state index in [2.05, 4.69) is 11.9 Å². The van der Waals surface area contributed by atoms with E-state index in [-0.39, 0.29) is 11.9 Å². The Morgan fingerprint density at radius 2 is 2.50 bits per heavy atom. The van der Waals surface area contributed by atoms with Crippen molar-refractivity contribution in [1.82, 2.24) is 5.32 Å². The number of amides is 1. The molecule has 1 unspecified atom stereocenters. The molecule has 0 rings (SSSR count). The molecule has 10 heavy (non-hydrogen) atoms. The van der Waals surface area contributed by atoms with E-state index in [0.29, 0.717) is 13.0 Å². The van der Waals surface area contributed by atoms with Crippen molar-refractivity contribution < 1.29 is 4.79 Å². The summed E-state index contributed by atoms with van der Waals surface area (Å²) in [6.07, 6.45) is 2.29. The first-order valence-corrected chi connectivity index (χ1v) is 3.36. The Labute approximate surface area is 61.3 Å². The number of hydrogen-bond donors (Lipinski definition) is 2. The summed E-state index contributed by atoms with van der Waals surface area (Å²) in [7, 11) is 0. The Bertz CT molecular complexity index is 123. The summed E-state index contributed by atoms with van der Waals surface area (Å²) in [5.41, 5.74) is 5.41. The summed E-state index contributed by atoms with van der Waals surface area (Å²) < 4.78 is 0. The van der Waals surface area contributed by atoms with Crippen LogP contribution in [0, 0.1) is 0 Å². The van der Waals surface area contributed by atoms with Crippen LogP contribution in [-0.2, 0) is 4.79 Å². The Balaban J connectivity index is 3.51. The number of nitrogens with one attached hydrogen (secondary N) is 1. The van der Waals surface area contributed by atoms with Crippen LogP contribution in [0.1, 0.15) is 13.3 Å². The second kappa shape index (κ2) is 4.99. The second-order valence-electron chi connectivity index (χ2n) is 2.05. The number of carbonyl (C=O) groups is 1. The highest BCUT2D eigenvalue weighted by atomic mass is 16.2. The van der Waals surface area contributed by atoms with Gasteiger partial charge < -0.3 is 11.1 Å². The van der Waals surface area contributed by atoms with Crippen molar-refractivity contribution in [3.05, 3.63) is 12.7 Å². The van der Waals surface area contributed by atoms with Crippen LogP contribution in [0.15, 0.2) is 12.7 Å². The van der Waals surface area contributed by atoms with E-state index in [1.165, 1.54) is 0 Å². The molecule has 0 aromatic rings. The van der Waals surface area contributed by atoms with Crippen LogP contribution >= 0.6 is 0 Å². The Kier molecular flexibility index (Phi) is 4.58. The van der Waals surface area contributed by atoms with Crippen LogP contribution < -0.4 is 11.1 Å². The maximum atomic E-state index is 10.8. The average molecular weight is 142 g/mol. The highest BCUT2D eigenvalue weighted by Crippen LogP contribution is 1.84. The van der Waals surface area contributed by atoms with Gasteiger partial charge in [0, 0.05) is 6.54 Å². The standard InChI is InChI=1S/C7H14N2O/c1-3-5-9-7(10)6(8)4-2/h3,6H,1,4-5,8H2,2H3,(H,9,10). The summed E-state index contributed by atoms with van der Waals surface area (Å²) in [5, 5.41) is 2.60. The third-order valence-electron chi connectivity index (χ3n) is 1.20. The van der Waals surface area contributed by atoms with E-state index in [0.717, 1.165) is 0 Å². The minimum absolute atomic E-state index is 0.109. The predicted molar refractivity (Wildman–Crippen MR) is 41.5 cm³/mol. The van der Waals surface area contributed by atoms with Gasteiger partial charge in [0.2, 0.25) is 5.91 Å². The molecule has 0 bridgehead atoms. The van der Waals surface area contributed by atoms with Crippen molar-refractivity contribution in [3.8, 4) is 0 Å². The molecule has 0 radical (unpaired) electrons. The quantitative estimate of drug-likeness (QED) is 0.544. The normalized spacial score (nSPS) is 12.2. The third kappa shape index (κ3) is 3.25. The van der Waals surface area contributed by atoms with Gasteiger partial charge in [0.05, 0.1) is 6.04 Å². The van der Waals surface area contributed by atoms with Gasteiger partial charge in [0.15, 0.2) is 0 Å². The molecule has 0 spiro atoms. The monoisotopic (exact) mass is 142 g/mol. The van der Waals surface area contributed by atoms with E-state index in [1.54, 1.807) is 6.08 Å². The molecule has 0 saturated heterocycles. The molecule has 3 nitrogen and oxygen atoms in total. The summed E-state index contributed by atoms with van der Waals surface area (Å²) in [4.78, 5) is 10.8. The molecule has 0 saturated carbocycles. The smallest absolute Gasteiger partial charge is 0.237 e. The maximum Gasteiger partial charge on any atom is 0.237 e. The minimum Gasteiger partial charge on any atom is -0.351 e. The highest BCUT2D eigenvalue weighted by molar-refractivity contribution is 5.81. The SMILES string of the molecule is C=CCNC(=O)C(N)CC. The minimum atomic E-state index is -0.375. The van der Waals surface area contributed by atoms with Crippen molar-refractivity contribution in [2.24, 2.45) is 5.73 Å². The van der Waals surface area contributed by atoms with Gasteiger partial charge in [-0.2, -0.15) is 0 Å². The fourth-order valence-electron chi connectivity index (χ4n) is 0.489. The summed E-state index contributed by atoms with van der Waals surface area (Å²) >= 11 is 0. The van der Waals surface area contributed by atoms with Crippen LogP contribution in [0.4, 0.5) is 0 Å². The van der Waals surface area contributed by atoms with Gasteiger partial charge in [-0.1, -0.05) is 13.0 Å². The zero-order valence-corrected chi connectivity index (χ0v) is 6.26. The molecule has 0 fully saturated rings. The Morgan fingerprint density at radius 3 is 2.90 bits per heavy atom. The molecule has 0 aromatic heterocycles. The average Bonchev–Trinajstić information content (AvgIpc) is 1.98. The van der Waals surface area contributed by atoms with Crippen molar-refractivity contribution in [2.75, 3.05) is 6.54 Å². The van der Waals surface area contributed by atoms with Crippen LogP contribution in [0.3, 0.4) is 0 Å². The molecule has 1 atom stereocenters. The number of hydrogen-bond acceptors (Lipinski definition) is 2. The van der Waals surface area contributed by atoms with Crippen LogP contribution in [-0.4, -0.2) is 18.5 Å². The van der Waals surface area contributed by atoms with Crippen molar-refractivity contribution in [3.63, 3.8) is 0 Å². The van der Waals surface area contributed by atoms with Gasteiger partial charge in [0.1, 0.15) is 0 Å². The molecule has 0 aliphatic rings. The van der Waals surface area contributed by atoms with E-state index < -0.39 is 0 Å². The van der Waals surface area contributed by atoms with E-state index in [4.69, 9.17) is 5.73 Å². The maximum absolute atomic E-state index is 10.8. The molecule has 0 aliphatic carbocycles. The third-order valence-corrected chi connectivity index (χ3v) is 1.20. The van der Waals surface area contributed by atoms with Gasteiger partial charge in [-0.25, -0.2) is 0 Å². The summed E-state index contributed by atoms with van der Waals surface area (Å²) in [6.45, 7) is 5.83. The molecule has 0 heterocycles. The number of carbonyl (C=O) groups excluding carboxylic acids is 1. The molecular weight excluding hydrogens is 128 g/mol. The summed E-state index contributed by atoms with van der Waals surface area (Å²) in [5.74, 6) is -0.109. The highest BCUT2D eigenvalue weighted by Gasteiger charge is 2.07. The lowest BCUT2D eigenvalue weighted by molar-refractivity contribution is -0.122. The molecule has 1 amide bonds. The molecular formula is C7H14N2O. The molecule has 0 aliphatic heterocycles. The first-order valence-electron chi connectivity index (χ1n) is 3.36. The lowest BCUT2D eigenvalue weighted by Gasteiger charge is -2.06. The van der Waals surface area contributed by atoms with Gasteiger partial charge >= 0.3 is 0 Å². The van der Waals surface area contributed by atoms with Crippen molar-refractivity contribution in [1.29, 1.82) is 0 Å². The topological polar surface area (TPSA) is 55.1 Å². The Morgan fingerprint density at radius 1 is 1.90 bits per heavy atom. The van der Waals surface area contributed by atoms with Crippen LogP contribution in [0.5, 0.6) is 0 Å². The zero-order valence-electron chi connectivity index (χ0n) is 6.26. The lowest BCUT2D eigenvalue weighted by atomic mass is 10.2.